The van der Waals surface area contributed by atoms with E-state index in [4.69, 9.17) is 10.5 Å². The van der Waals surface area contributed by atoms with E-state index in [0.29, 0.717) is 18.2 Å². The minimum Gasteiger partial charge on any atom is -0.381 e. The van der Waals surface area contributed by atoms with Crippen molar-refractivity contribution in [3.63, 3.8) is 0 Å². The van der Waals surface area contributed by atoms with E-state index in [1.807, 2.05) is 11.8 Å². The van der Waals surface area contributed by atoms with Gasteiger partial charge in [-0.15, -0.1) is 12.4 Å². The highest BCUT2D eigenvalue weighted by Gasteiger charge is 2.23. The van der Waals surface area contributed by atoms with Gasteiger partial charge in [-0.3, -0.25) is 4.79 Å². The van der Waals surface area contributed by atoms with Crippen molar-refractivity contribution < 1.29 is 9.53 Å². The van der Waals surface area contributed by atoms with Crippen LogP contribution in [0.15, 0.2) is 0 Å². The van der Waals surface area contributed by atoms with Crippen LogP contribution in [0, 0.1) is 5.92 Å². The molecular weight excluding hydrogens is 276 g/mol. The Bertz CT molecular complexity index is 252. The van der Waals surface area contributed by atoms with Gasteiger partial charge in [0, 0.05) is 26.1 Å². The van der Waals surface area contributed by atoms with Crippen molar-refractivity contribution in [2.75, 3.05) is 32.8 Å². The molecule has 5 heteroatoms. The number of carbonyl (C=O) groups excluding carboxylic acids is 1. The van der Waals surface area contributed by atoms with Crippen LogP contribution in [0.1, 0.15) is 51.9 Å². The number of piperidine rings is 1. The zero-order chi connectivity index (χ0) is 13.9. The van der Waals surface area contributed by atoms with Gasteiger partial charge in [0.1, 0.15) is 0 Å². The third kappa shape index (κ3) is 8.08. The van der Waals surface area contributed by atoms with Crippen LogP contribution in [0.25, 0.3) is 0 Å². The molecule has 0 aliphatic carbocycles. The summed E-state index contributed by atoms with van der Waals surface area (Å²) in [5, 5.41) is 0. The molecule has 120 valence electrons. The highest BCUT2D eigenvalue weighted by molar-refractivity contribution is 5.85. The van der Waals surface area contributed by atoms with E-state index in [1.165, 1.54) is 6.42 Å². The van der Waals surface area contributed by atoms with Crippen molar-refractivity contribution in [1.29, 1.82) is 0 Å². The van der Waals surface area contributed by atoms with E-state index in [1.54, 1.807) is 0 Å². The smallest absolute Gasteiger partial charge is 0.222 e. The first-order valence-corrected chi connectivity index (χ1v) is 7.83. The topological polar surface area (TPSA) is 55.6 Å². The Hall–Kier alpha value is -0.320. The summed E-state index contributed by atoms with van der Waals surface area (Å²) >= 11 is 0. The van der Waals surface area contributed by atoms with Crippen LogP contribution in [-0.4, -0.2) is 43.7 Å². The third-order valence-corrected chi connectivity index (χ3v) is 3.77. The molecule has 1 amide bonds. The van der Waals surface area contributed by atoms with E-state index >= 15 is 0 Å². The predicted molar refractivity (Wildman–Crippen MR) is 85.2 cm³/mol. The normalized spacial score (nSPS) is 18.7. The summed E-state index contributed by atoms with van der Waals surface area (Å²) in [6.07, 6.45) is 7.37. The first-order valence-electron chi connectivity index (χ1n) is 7.83. The number of carbonyl (C=O) groups is 1. The van der Waals surface area contributed by atoms with Gasteiger partial charge in [0.05, 0.1) is 6.61 Å². The number of hydrogen-bond donors (Lipinski definition) is 1. The maximum Gasteiger partial charge on any atom is 0.222 e. The maximum atomic E-state index is 12.1. The second-order valence-electron chi connectivity index (χ2n) is 5.46. The molecule has 0 bridgehead atoms. The third-order valence-electron chi connectivity index (χ3n) is 3.77. The molecule has 1 aliphatic heterocycles. The van der Waals surface area contributed by atoms with Gasteiger partial charge in [0.15, 0.2) is 0 Å². The van der Waals surface area contributed by atoms with E-state index in [-0.39, 0.29) is 12.4 Å². The zero-order valence-electron chi connectivity index (χ0n) is 12.8. The summed E-state index contributed by atoms with van der Waals surface area (Å²) in [5.41, 5.74) is 5.46. The molecule has 0 radical (unpaired) electrons. The summed E-state index contributed by atoms with van der Waals surface area (Å²) in [6, 6.07) is 0. The van der Waals surface area contributed by atoms with Crippen LogP contribution in [0.2, 0.25) is 0 Å². The van der Waals surface area contributed by atoms with Crippen molar-refractivity contribution in [3.8, 4) is 0 Å². The monoisotopic (exact) mass is 306 g/mol. The van der Waals surface area contributed by atoms with Crippen LogP contribution in [0.3, 0.4) is 0 Å². The van der Waals surface area contributed by atoms with Gasteiger partial charge in [0.25, 0.3) is 0 Å². The van der Waals surface area contributed by atoms with Crippen LogP contribution < -0.4 is 5.73 Å². The molecule has 4 nitrogen and oxygen atoms in total. The fourth-order valence-electron chi connectivity index (χ4n) is 2.64. The minimum absolute atomic E-state index is 0. The van der Waals surface area contributed by atoms with Gasteiger partial charge >= 0.3 is 0 Å². The average molecular weight is 307 g/mol. The van der Waals surface area contributed by atoms with Crippen LogP contribution in [0.5, 0.6) is 0 Å². The molecule has 2 N–H and O–H groups in total. The molecule has 0 aromatic heterocycles. The molecule has 1 aliphatic rings. The van der Waals surface area contributed by atoms with Crippen molar-refractivity contribution in [3.05, 3.63) is 0 Å². The Balaban J connectivity index is 0.00000361. The standard InChI is InChI=1S/C15H30N2O2.ClH/c1-2-19-13-14-8-7-11-17(12-14)15(18)9-5-3-4-6-10-16;/h14H,2-13,16H2,1H3;1H. The summed E-state index contributed by atoms with van der Waals surface area (Å²) in [7, 11) is 0. The lowest BCUT2D eigenvalue weighted by molar-refractivity contribution is -0.133. The number of amides is 1. The molecular formula is C15H31ClN2O2. The second kappa shape index (κ2) is 12.4. The van der Waals surface area contributed by atoms with Gasteiger partial charge in [-0.25, -0.2) is 0 Å². The Labute approximate surface area is 129 Å². The lowest BCUT2D eigenvalue weighted by Gasteiger charge is -2.32. The first-order chi connectivity index (χ1) is 9.27. The van der Waals surface area contributed by atoms with Crippen LogP contribution in [0.4, 0.5) is 0 Å². The number of rotatable bonds is 9. The van der Waals surface area contributed by atoms with E-state index in [9.17, 15) is 4.79 Å². The number of ether oxygens (including phenoxy) is 1. The average Bonchev–Trinajstić information content (AvgIpc) is 2.45. The predicted octanol–water partition coefficient (Wildman–Crippen LogP) is 2.59. The molecule has 1 atom stereocenters. The molecule has 1 heterocycles. The molecule has 1 unspecified atom stereocenters. The van der Waals surface area contributed by atoms with E-state index in [0.717, 1.165) is 65.0 Å². The number of nitrogens with two attached hydrogens (primary N) is 1. The van der Waals surface area contributed by atoms with Gasteiger partial charge < -0.3 is 15.4 Å². The number of nitrogens with zero attached hydrogens (tertiary/aromatic N) is 1. The van der Waals surface area contributed by atoms with E-state index < -0.39 is 0 Å². The number of likely N-dealkylation sites (tertiary alicyclic amines) is 1. The van der Waals surface area contributed by atoms with Crippen molar-refractivity contribution in [2.45, 2.75) is 51.9 Å². The Morgan fingerprint density at radius 1 is 1.30 bits per heavy atom. The molecule has 0 aromatic rings. The Morgan fingerprint density at radius 3 is 2.75 bits per heavy atom. The second-order valence-corrected chi connectivity index (χ2v) is 5.46. The maximum absolute atomic E-state index is 12.1. The molecule has 0 spiro atoms. The summed E-state index contributed by atoms with van der Waals surface area (Å²) in [5.74, 6) is 0.865. The number of unbranched alkanes of at least 4 members (excludes halogenated alkanes) is 3. The SMILES string of the molecule is CCOCC1CCCN(C(=O)CCCCCCN)C1.Cl. The molecule has 0 aromatic carbocycles. The lowest BCUT2D eigenvalue weighted by atomic mass is 9.98. The van der Waals surface area contributed by atoms with Crippen molar-refractivity contribution >= 4 is 18.3 Å². The first kappa shape index (κ1) is 19.7. The van der Waals surface area contributed by atoms with Crippen molar-refractivity contribution in [2.24, 2.45) is 11.7 Å². The van der Waals surface area contributed by atoms with Crippen LogP contribution in [-0.2, 0) is 9.53 Å². The van der Waals surface area contributed by atoms with E-state index in [2.05, 4.69) is 0 Å². The summed E-state index contributed by atoms with van der Waals surface area (Å²) in [6.45, 7) is 6.18. The largest absolute Gasteiger partial charge is 0.381 e. The van der Waals surface area contributed by atoms with Gasteiger partial charge in [-0.05, 0) is 45.1 Å². The highest BCUT2D eigenvalue weighted by atomic mass is 35.5. The van der Waals surface area contributed by atoms with Gasteiger partial charge in [-0.2, -0.15) is 0 Å². The fourth-order valence-corrected chi connectivity index (χ4v) is 2.64. The molecule has 1 saturated heterocycles. The quantitative estimate of drug-likeness (QED) is 0.666. The summed E-state index contributed by atoms with van der Waals surface area (Å²) < 4.78 is 5.48. The molecule has 20 heavy (non-hydrogen) atoms. The molecule has 0 saturated carbocycles. The van der Waals surface area contributed by atoms with Gasteiger partial charge in [-0.1, -0.05) is 12.8 Å². The molecule has 1 fully saturated rings. The highest BCUT2D eigenvalue weighted by Crippen LogP contribution is 2.18. The zero-order valence-corrected chi connectivity index (χ0v) is 13.6. The number of halogens is 1. The van der Waals surface area contributed by atoms with Gasteiger partial charge in [0.2, 0.25) is 5.91 Å². The van der Waals surface area contributed by atoms with Crippen molar-refractivity contribution in [1.82, 2.24) is 4.90 Å². The fraction of sp³-hybridized carbons (Fsp3) is 0.933. The Kier molecular flexibility index (Phi) is 12.2. The Morgan fingerprint density at radius 2 is 2.05 bits per heavy atom. The summed E-state index contributed by atoms with van der Waals surface area (Å²) in [4.78, 5) is 14.1. The number of hydrogen-bond acceptors (Lipinski definition) is 3. The lowest BCUT2D eigenvalue weighted by Crippen LogP contribution is -2.41. The van der Waals surface area contributed by atoms with Crippen LogP contribution >= 0.6 is 12.4 Å². The molecule has 1 rings (SSSR count). The minimum atomic E-state index is 0.